The van der Waals surface area contributed by atoms with Crippen molar-refractivity contribution in [2.75, 3.05) is 12.4 Å². The van der Waals surface area contributed by atoms with Crippen molar-refractivity contribution in [3.05, 3.63) is 59.8 Å². The van der Waals surface area contributed by atoms with Crippen molar-refractivity contribution in [1.82, 2.24) is 4.57 Å². The summed E-state index contributed by atoms with van der Waals surface area (Å²) in [5.74, 6) is 0.512. The molecule has 5 heteroatoms. The number of fused-ring (bicyclic) bond motifs is 1. The number of carbonyl (C=O) groups excluding carboxylic acids is 1. The summed E-state index contributed by atoms with van der Waals surface area (Å²) in [5, 5.41) is 4.56. The van der Waals surface area contributed by atoms with Crippen LogP contribution in [0.2, 0.25) is 5.02 Å². The van der Waals surface area contributed by atoms with E-state index in [9.17, 15) is 4.79 Å². The second-order valence-corrected chi connectivity index (χ2v) is 5.33. The smallest absolute Gasteiger partial charge is 0.244 e. The van der Waals surface area contributed by atoms with Crippen LogP contribution in [0.5, 0.6) is 5.75 Å². The number of para-hydroxylation sites is 2. The Kier molecular flexibility index (Phi) is 4.02. The molecule has 4 nitrogen and oxygen atoms in total. The molecule has 0 spiro atoms. The van der Waals surface area contributed by atoms with Crippen LogP contribution in [0.3, 0.4) is 0 Å². The SMILES string of the molecule is COc1ccccc1NC(=O)Cn1ccc2ccc(Cl)cc21. The third-order valence-corrected chi connectivity index (χ3v) is 3.67. The molecule has 1 heterocycles. The fourth-order valence-electron chi connectivity index (χ4n) is 2.39. The highest BCUT2D eigenvalue weighted by molar-refractivity contribution is 6.31. The molecule has 112 valence electrons. The number of amides is 1. The standard InChI is InChI=1S/C17H15ClN2O2/c1-22-16-5-3-2-4-14(16)19-17(21)11-20-9-8-12-6-7-13(18)10-15(12)20/h2-10H,11H2,1H3,(H,19,21). The lowest BCUT2D eigenvalue weighted by molar-refractivity contribution is -0.116. The highest BCUT2D eigenvalue weighted by atomic mass is 35.5. The first-order chi connectivity index (χ1) is 10.7. The fourth-order valence-corrected chi connectivity index (χ4v) is 2.55. The Balaban J connectivity index is 1.80. The van der Waals surface area contributed by atoms with Gasteiger partial charge in [0.15, 0.2) is 0 Å². The van der Waals surface area contributed by atoms with E-state index in [1.807, 2.05) is 47.2 Å². The Labute approximate surface area is 133 Å². The molecule has 0 bridgehead atoms. The number of benzene rings is 2. The van der Waals surface area contributed by atoms with Crippen molar-refractivity contribution in [3.8, 4) is 5.75 Å². The third kappa shape index (κ3) is 2.92. The summed E-state index contributed by atoms with van der Waals surface area (Å²) >= 11 is 6.02. The molecule has 1 aromatic heterocycles. The molecule has 3 aromatic rings. The maximum atomic E-state index is 12.3. The van der Waals surface area contributed by atoms with Crippen LogP contribution in [-0.4, -0.2) is 17.6 Å². The predicted molar refractivity (Wildman–Crippen MR) is 88.6 cm³/mol. The monoisotopic (exact) mass is 314 g/mol. The van der Waals surface area contributed by atoms with Crippen molar-refractivity contribution in [2.45, 2.75) is 6.54 Å². The van der Waals surface area contributed by atoms with Crippen molar-refractivity contribution in [2.24, 2.45) is 0 Å². The van der Waals surface area contributed by atoms with Gasteiger partial charge in [0.25, 0.3) is 0 Å². The number of methoxy groups -OCH3 is 1. The van der Waals surface area contributed by atoms with Gasteiger partial charge in [0.05, 0.1) is 12.8 Å². The van der Waals surface area contributed by atoms with Crippen molar-refractivity contribution in [1.29, 1.82) is 0 Å². The predicted octanol–water partition coefficient (Wildman–Crippen LogP) is 3.94. The summed E-state index contributed by atoms with van der Waals surface area (Å²) < 4.78 is 7.10. The molecular formula is C17H15ClN2O2. The number of carbonyl (C=O) groups is 1. The summed E-state index contributed by atoms with van der Waals surface area (Å²) in [7, 11) is 1.58. The lowest BCUT2D eigenvalue weighted by atomic mass is 10.2. The number of nitrogens with one attached hydrogen (secondary N) is 1. The molecule has 1 amide bonds. The van der Waals surface area contributed by atoms with Crippen LogP contribution in [0.4, 0.5) is 5.69 Å². The van der Waals surface area contributed by atoms with Crippen LogP contribution in [0.15, 0.2) is 54.7 Å². The van der Waals surface area contributed by atoms with Crippen LogP contribution < -0.4 is 10.1 Å². The van der Waals surface area contributed by atoms with E-state index in [1.54, 1.807) is 19.2 Å². The molecule has 0 aliphatic carbocycles. The minimum Gasteiger partial charge on any atom is -0.495 e. The quantitative estimate of drug-likeness (QED) is 0.792. The third-order valence-electron chi connectivity index (χ3n) is 3.43. The van der Waals surface area contributed by atoms with E-state index in [2.05, 4.69) is 5.32 Å². The van der Waals surface area contributed by atoms with Gasteiger partial charge in [0.2, 0.25) is 5.91 Å². The molecular weight excluding hydrogens is 300 g/mol. The zero-order chi connectivity index (χ0) is 15.5. The van der Waals surface area contributed by atoms with Crippen LogP contribution >= 0.6 is 11.6 Å². The summed E-state index contributed by atoms with van der Waals surface area (Å²) in [5.41, 5.74) is 1.59. The summed E-state index contributed by atoms with van der Waals surface area (Å²) in [4.78, 5) is 12.3. The number of hydrogen-bond acceptors (Lipinski definition) is 2. The topological polar surface area (TPSA) is 43.3 Å². The van der Waals surface area contributed by atoms with Crippen molar-refractivity contribution in [3.63, 3.8) is 0 Å². The average molecular weight is 315 g/mol. The average Bonchev–Trinajstić information content (AvgIpc) is 2.90. The van der Waals surface area contributed by atoms with Crippen LogP contribution in [0.25, 0.3) is 10.9 Å². The van der Waals surface area contributed by atoms with Crippen molar-refractivity contribution < 1.29 is 9.53 Å². The minimum atomic E-state index is -0.123. The lowest BCUT2D eigenvalue weighted by Crippen LogP contribution is -2.18. The molecule has 0 fully saturated rings. The second kappa shape index (κ2) is 6.12. The van der Waals surface area contributed by atoms with Gasteiger partial charge in [0, 0.05) is 16.7 Å². The molecule has 0 aliphatic rings. The van der Waals surface area contributed by atoms with Gasteiger partial charge in [-0.15, -0.1) is 0 Å². The molecule has 0 saturated heterocycles. The van der Waals surface area contributed by atoms with Gasteiger partial charge in [-0.25, -0.2) is 0 Å². The van der Waals surface area contributed by atoms with Crippen LogP contribution in [0, 0.1) is 0 Å². The number of nitrogens with zero attached hydrogens (tertiary/aromatic N) is 1. The van der Waals surface area contributed by atoms with Gasteiger partial charge in [-0.3, -0.25) is 4.79 Å². The molecule has 3 rings (SSSR count). The molecule has 2 aromatic carbocycles. The molecule has 22 heavy (non-hydrogen) atoms. The first kappa shape index (κ1) is 14.5. The van der Waals surface area contributed by atoms with Crippen molar-refractivity contribution >= 4 is 34.1 Å². The van der Waals surface area contributed by atoms with E-state index in [0.29, 0.717) is 16.5 Å². The number of rotatable bonds is 4. The zero-order valence-electron chi connectivity index (χ0n) is 12.0. The van der Waals surface area contributed by atoms with E-state index < -0.39 is 0 Å². The van der Waals surface area contributed by atoms with Gasteiger partial charge in [0.1, 0.15) is 12.3 Å². The van der Waals surface area contributed by atoms with Gasteiger partial charge in [-0.05, 0) is 35.7 Å². The summed E-state index contributed by atoms with van der Waals surface area (Å²) in [6.07, 6.45) is 1.88. The number of anilines is 1. The van der Waals surface area contributed by atoms with E-state index in [4.69, 9.17) is 16.3 Å². The molecule has 1 N–H and O–H groups in total. The van der Waals surface area contributed by atoms with Gasteiger partial charge in [-0.1, -0.05) is 29.8 Å². The second-order valence-electron chi connectivity index (χ2n) is 4.90. The maximum Gasteiger partial charge on any atom is 0.244 e. The van der Waals surface area contributed by atoms with Gasteiger partial charge < -0.3 is 14.6 Å². The van der Waals surface area contributed by atoms with E-state index in [-0.39, 0.29) is 12.5 Å². The Hall–Kier alpha value is -2.46. The first-order valence-corrected chi connectivity index (χ1v) is 7.22. The van der Waals surface area contributed by atoms with Gasteiger partial charge >= 0.3 is 0 Å². The molecule has 0 atom stereocenters. The maximum absolute atomic E-state index is 12.3. The Morgan fingerprint density at radius 3 is 2.86 bits per heavy atom. The largest absolute Gasteiger partial charge is 0.495 e. The normalized spacial score (nSPS) is 10.6. The molecule has 0 unspecified atom stereocenters. The minimum absolute atomic E-state index is 0.123. The molecule has 0 saturated carbocycles. The fraction of sp³-hybridized carbons (Fsp3) is 0.118. The van der Waals surface area contributed by atoms with E-state index >= 15 is 0 Å². The number of halogens is 1. The first-order valence-electron chi connectivity index (χ1n) is 6.84. The number of hydrogen-bond donors (Lipinski definition) is 1. The Morgan fingerprint density at radius 2 is 2.05 bits per heavy atom. The highest BCUT2D eigenvalue weighted by Crippen LogP contribution is 2.24. The highest BCUT2D eigenvalue weighted by Gasteiger charge is 2.09. The Morgan fingerprint density at radius 1 is 1.23 bits per heavy atom. The van der Waals surface area contributed by atoms with Crippen LogP contribution in [-0.2, 0) is 11.3 Å². The zero-order valence-corrected chi connectivity index (χ0v) is 12.8. The number of aromatic nitrogens is 1. The Bertz CT molecular complexity index is 826. The molecule has 0 aliphatic heterocycles. The summed E-state index contributed by atoms with van der Waals surface area (Å²) in [6, 6.07) is 14.9. The van der Waals surface area contributed by atoms with E-state index in [0.717, 1.165) is 10.9 Å². The summed E-state index contributed by atoms with van der Waals surface area (Å²) in [6.45, 7) is 0.210. The lowest BCUT2D eigenvalue weighted by Gasteiger charge is -2.11. The molecule has 0 radical (unpaired) electrons. The number of ether oxygens (including phenoxy) is 1. The van der Waals surface area contributed by atoms with Crippen LogP contribution in [0.1, 0.15) is 0 Å². The van der Waals surface area contributed by atoms with Gasteiger partial charge in [-0.2, -0.15) is 0 Å². The van der Waals surface area contributed by atoms with E-state index in [1.165, 1.54) is 0 Å².